The van der Waals surface area contributed by atoms with Gasteiger partial charge in [-0.1, -0.05) is 17.4 Å². The first-order valence-electron chi connectivity index (χ1n) is 7.63. The molecular weight excluding hydrogens is 317 g/mol. The highest BCUT2D eigenvalue weighted by Gasteiger charge is 2.39. The lowest BCUT2D eigenvalue weighted by Gasteiger charge is -2.20. The number of fused-ring (bicyclic) bond motifs is 2. The van der Waals surface area contributed by atoms with Crippen LogP contribution in [0.15, 0.2) is 30.5 Å². The van der Waals surface area contributed by atoms with Gasteiger partial charge in [-0.2, -0.15) is 0 Å². The van der Waals surface area contributed by atoms with E-state index < -0.39 is 0 Å². The molecule has 0 saturated carbocycles. The zero-order valence-electron chi connectivity index (χ0n) is 12.3. The predicted molar refractivity (Wildman–Crippen MR) is 84.4 cm³/mol. The van der Waals surface area contributed by atoms with E-state index in [9.17, 15) is 9.18 Å². The van der Waals surface area contributed by atoms with E-state index in [4.69, 9.17) is 4.74 Å². The van der Waals surface area contributed by atoms with Crippen molar-refractivity contribution in [3.63, 3.8) is 0 Å². The number of rotatable bonds is 4. The number of nitrogens with one attached hydrogen (secondary N) is 2. The molecular formula is C16H16FN3O2S. The Labute approximate surface area is 136 Å². The van der Waals surface area contributed by atoms with Gasteiger partial charge >= 0.3 is 0 Å². The largest absolute Gasteiger partial charge is 0.445 e. The summed E-state index contributed by atoms with van der Waals surface area (Å²) < 4.78 is 18.7. The minimum absolute atomic E-state index is 0.177. The Morgan fingerprint density at radius 1 is 1.43 bits per heavy atom. The maximum atomic E-state index is 13.1. The molecule has 1 amide bonds. The molecule has 2 bridgehead atoms. The van der Waals surface area contributed by atoms with E-state index in [1.165, 1.54) is 24.8 Å². The molecule has 2 aliphatic rings. The van der Waals surface area contributed by atoms with Crippen molar-refractivity contribution in [1.29, 1.82) is 0 Å². The molecule has 3 heterocycles. The Kier molecular flexibility index (Phi) is 3.74. The maximum Gasteiger partial charge on any atom is 0.280 e. The first kappa shape index (κ1) is 14.6. The van der Waals surface area contributed by atoms with Gasteiger partial charge in [-0.3, -0.25) is 4.79 Å². The minimum Gasteiger partial charge on any atom is -0.445 e. The second kappa shape index (κ2) is 5.90. The Hall–Kier alpha value is -1.99. The number of benzene rings is 1. The molecule has 2 aliphatic heterocycles. The summed E-state index contributed by atoms with van der Waals surface area (Å²) in [7, 11) is 0. The molecule has 120 valence electrons. The highest BCUT2D eigenvalue weighted by molar-refractivity contribution is 7.15. The van der Waals surface area contributed by atoms with Crippen molar-refractivity contribution in [2.24, 2.45) is 0 Å². The molecule has 4 rings (SSSR count). The van der Waals surface area contributed by atoms with E-state index in [2.05, 4.69) is 15.6 Å². The Morgan fingerprint density at radius 3 is 3.09 bits per heavy atom. The van der Waals surface area contributed by atoms with Gasteiger partial charge < -0.3 is 15.4 Å². The van der Waals surface area contributed by atoms with Crippen LogP contribution in [0.2, 0.25) is 0 Å². The number of carbonyl (C=O) groups is 1. The minimum atomic E-state index is -0.367. The van der Waals surface area contributed by atoms with E-state index >= 15 is 0 Å². The van der Waals surface area contributed by atoms with Crippen LogP contribution in [0, 0.1) is 5.82 Å². The fraction of sp³-hybridized carbons (Fsp3) is 0.375. The number of thiazole rings is 1. The molecule has 2 saturated heterocycles. The van der Waals surface area contributed by atoms with Crippen molar-refractivity contribution in [2.75, 3.05) is 0 Å². The van der Waals surface area contributed by atoms with Crippen molar-refractivity contribution >= 4 is 17.2 Å². The number of amides is 1. The van der Waals surface area contributed by atoms with Gasteiger partial charge in [-0.15, -0.1) is 0 Å². The highest BCUT2D eigenvalue weighted by atomic mass is 32.1. The number of halogens is 1. The summed E-state index contributed by atoms with van der Waals surface area (Å²) in [4.78, 5) is 16.4. The molecule has 2 N–H and O–H groups in total. The van der Waals surface area contributed by atoms with Gasteiger partial charge in [0.15, 0.2) is 5.01 Å². The van der Waals surface area contributed by atoms with Crippen LogP contribution in [-0.4, -0.2) is 29.0 Å². The van der Waals surface area contributed by atoms with Gasteiger partial charge in [0.2, 0.25) is 5.06 Å². The van der Waals surface area contributed by atoms with Crippen LogP contribution in [0.25, 0.3) is 0 Å². The summed E-state index contributed by atoms with van der Waals surface area (Å²) in [5.41, 5.74) is 0. The van der Waals surface area contributed by atoms with Crippen LogP contribution in [0.5, 0.6) is 10.8 Å². The lowest BCUT2D eigenvalue weighted by atomic mass is 9.95. The van der Waals surface area contributed by atoms with Gasteiger partial charge in [0.05, 0.1) is 6.20 Å². The molecule has 23 heavy (non-hydrogen) atoms. The molecule has 1 aromatic carbocycles. The third kappa shape index (κ3) is 3.07. The number of hydrogen-bond acceptors (Lipinski definition) is 5. The van der Waals surface area contributed by atoms with Crippen LogP contribution >= 0.6 is 11.3 Å². The van der Waals surface area contributed by atoms with Crippen LogP contribution in [-0.2, 0) is 0 Å². The molecule has 0 aliphatic carbocycles. The molecule has 5 nitrogen and oxygen atoms in total. The molecule has 2 fully saturated rings. The van der Waals surface area contributed by atoms with Crippen molar-refractivity contribution in [2.45, 2.75) is 37.4 Å². The zero-order chi connectivity index (χ0) is 15.8. The van der Waals surface area contributed by atoms with Crippen LogP contribution in [0.4, 0.5) is 4.39 Å². The number of aromatic nitrogens is 1. The summed E-state index contributed by atoms with van der Waals surface area (Å²) in [5.74, 6) is -0.157. The standard InChI is InChI=1S/C16H16FN3O2S/c17-9-2-1-3-11(6-9)22-14-8-18-16(23-14)15(21)20-13-7-10-4-5-12(13)19-10/h1-3,6,8,10,12-13,19H,4-5,7H2,(H,20,21)/t10-,12+,13-/m1/s1. The third-order valence-corrected chi connectivity index (χ3v) is 5.18. The van der Waals surface area contributed by atoms with Crippen molar-refractivity contribution < 1.29 is 13.9 Å². The summed E-state index contributed by atoms with van der Waals surface area (Å²) in [6.07, 6.45) is 4.78. The van der Waals surface area contributed by atoms with Gasteiger partial charge in [0.25, 0.3) is 5.91 Å². The van der Waals surface area contributed by atoms with Gasteiger partial charge in [0.1, 0.15) is 11.6 Å². The van der Waals surface area contributed by atoms with Crippen molar-refractivity contribution in [3.8, 4) is 10.8 Å². The van der Waals surface area contributed by atoms with Crippen LogP contribution in [0.1, 0.15) is 29.1 Å². The smallest absolute Gasteiger partial charge is 0.280 e. The Morgan fingerprint density at radius 2 is 2.35 bits per heavy atom. The van der Waals surface area contributed by atoms with E-state index in [1.54, 1.807) is 12.1 Å². The highest BCUT2D eigenvalue weighted by Crippen LogP contribution is 2.30. The SMILES string of the molecule is O=C(N[C@@H]1C[C@H]2CC[C@@H]1N2)c1ncc(Oc2cccc(F)c2)s1. The van der Waals surface area contributed by atoms with Gasteiger partial charge in [-0.05, 0) is 31.4 Å². The number of nitrogens with zero attached hydrogens (tertiary/aromatic N) is 1. The number of ether oxygens (including phenoxy) is 1. The topological polar surface area (TPSA) is 63.2 Å². The number of carbonyl (C=O) groups excluding carboxylic acids is 1. The Balaban J connectivity index is 1.40. The van der Waals surface area contributed by atoms with E-state index in [-0.39, 0.29) is 17.8 Å². The van der Waals surface area contributed by atoms with Crippen LogP contribution in [0.3, 0.4) is 0 Å². The van der Waals surface area contributed by atoms with Crippen LogP contribution < -0.4 is 15.4 Å². The second-order valence-electron chi connectivity index (χ2n) is 5.91. The third-order valence-electron chi connectivity index (χ3n) is 4.31. The molecule has 0 radical (unpaired) electrons. The Bertz CT molecular complexity index is 736. The van der Waals surface area contributed by atoms with E-state index in [1.807, 2.05) is 0 Å². The van der Waals surface area contributed by atoms with Crippen molar-refractivity contribution in [1.82, 2.24) is 15.6 Å². The lowest BCUT2D eigenvalue weighted by Crippen LogP contribution is -2.42. The van der Waals surface area contributed by atoms with E-state index in [0.717, 1.165) is 24.2 Å². The predicted octanol–water partition coefficient (Wildman–Crippen LogP) is 2.70. The molecule has 0 unspecified atom stereocenters. The van der Waals surface area contributed by atoms with Gasteiger partial charge in [0, 0.05) is 24.2 Å². The quantitative estimate of drug-likeness (QED) is 0.903. The summed E-state index contributed by atoms with van der Waals surface area (Å²) >= 11 is 1.16. The van der Waals surface area contributed by atoms with Gasteiger partial charge in [-0.25, -0.2) is 9.37 Å². The fourth-order valence-electron chi connectivity index (χ4n) is 3.27. The van der Waals surface area contributed by atoms with E-state index in [0.29, 0.717) is 27.9 Å². The average Bonchev–Trinajstić information content (AvgIpc) is 3.23. The summed E-state index contributed by atoms with van der Waals surface area (Å²) in [6.45, 7) is 0. The average molecular weight is 333 g/mol. The maximum absolute atomic E-state index is 13.1. The zero-order valence-corrected chi connectivity index (χ0v) is 13.1. The molecule has 3 atom stereocenters. The molecule has 7 heteroatoms. The molecule has 0 spiro atoms. The fourth-order valence-corrected chi connectivity index (χ4v) is 3.96. The summed E-state index contributed by atoms with van der Waals surface area (Å²) in [6, 6.07) is 6.96. The first-order valence-corrected chi connectivity index (χ1v) is 8.45. The lowest BCUT2D eigenvalue weighted by molar-refractivity contribution is 0.0930. The molecule has 1 aromatic heterocycles. The summed E-state index contributed by atoms with van der Waals surface area (Å²) in [5, 5.41) is 7.35. The van der Waals surface area contributed by atoms with Crippen molar-refractivity contribution in [3.05, 3.63) is 41.3 Å². The monoisotopic (exact) mass is 333 g/mol. The molecule has 2 aromatic rings. The normalized spacial score (nSPS) is 25.5. The number of hydrogen-bond donors (Lipinski definition) is 2. The second-order valence-corrected chi connectivity index (χ2v) is 6.90. The first-order chi connectivity index (χ1) is 11.2.